The molecule has 3 amide bonds. The van der Waals surface area contributed by atoms with Gasteiger partial charge in [-0.25, -0.2) is 9.59 Å². The van der Waals surface area contributed by atoms with Crippen molar-refractivity contribution in [2.75, 3.05) is 44.0 Å². The molecule has 27 heavy (non-hydrogen) atoms. The zero-order valence-corrected chi connectivity index (χ0v) is 15.7. The molecular weight excluding hydrogens is 348 g/mol. The Bertz CT molecular complexity index is 804. The van der Waals surface area contributed by atoms with Crippen LogP contribution >= 0.6 is 0 Å². The van der Waals surface area contributed by atoms with Crippen LogP contribution in [0.4, 0.5) is 21.0 Å². The molecule has 1 atom stereocenters. The zero-order valence-electron chi connectivity index (χ0n) is 15.7. The van der Waals surface area contributed by atoms with Crippen molar-refractivity contribution in [2.45, 2.75) is 13.0 Å². The Hall–Kier alpha value is -3.00. The van der Waals surface area contributed by atoms with Crippen molar-refractivity contribution < 1.29 is 18.7 Å². The predicted molar refractivity (Wildman–Crippen MR) is 102 cm³/mol. The molecule has 1 unspecified atom stereocenters. The third-order valence-corrected chi connectivity index (χ3v) is 4.56. The summed E-state index contributed by atoms with van der Waals surface area (Å²) >= 11 is 0. The lowest BCUT2D eigenvalue weighted by atomic mass is 10.1. The van der Waals surface area contributed by atoms with Crippen molar-refractivity contribution in [1.29, 1.82) is 0 Å². The molecule has 8 heteroatoms. The summed E-state index contributed by atoms with van der Waals surface area (Å²) in [7, 11) is 3.85. The zero-order chi connectivity index (χ0) is 19.4. The number of amides is 3. The van der Waals surface area contributed by atoms with Gasteiger partial charge in [0.1, 0.15) is 12.4 Å². The number of cyclic esters (lactones) is 1. The summed E-state index contributed by atoms with van der Waals surface area (Å²) < 4.78 is 10.4. The first-order valence-electron chi connectivity index (χ1n) is 8.76. The molecule has 1 fully saturated rings. The van der Waals surface area contributed by atoms with Gasteiger partial charge in [-0.05, 0) is 50.8 Å². The Balaban J connectivity index is 1.65. The first kappa shape index (κ1) is 18.8. The van der Waals surface area contributed by atoms with Crippen molar-refractivity contribution in [2.24, 2.45) is 0 Å². The summed E-state index contributed by atoms with van der Waals surface area (Å²) in [4.78, 5) is 27.7. The van der Waals surface area contributed by atoms with E-state index in [0.29, 0.717) is 25.4 Å². The Labute approximate surface area is 158 Å². The van der Waals surface area contributed by atoms with Gasteiger partial charge in [-0.1, -0.05) is 6.07 Å². The maximum Gasteiger partial charge on any atom is 0.414 e. The molecule has 144 valence electrons. The van der Waals surface area contributed by atoms with Gasteiger partial charge in [0.05, 0.1) is 24.5 Å². The molecule has 1 aliphatic rings. The molecule has 1 aliphatic heterocycles. The average Bonchev–Trinajstić information content (AvgIpc) is 3.29. The van der Waals surface area contributed by atoms with Crippen molar-refractivity contribution in [3.05, 3.63) is 47.9 Å². The summed E-state index contributed by atoms with van der Waals surface area (Å²) in [6.07, 6.45) is 1.25. The SMILES string of the molecule is Cc1c(NC(=O)NCC(c2ccco2)N(C)C)cccc1N1CCOC1=O. The number of urea groups is 1. The van der Waals surface area contributed by atoms with Crippen molar-refractivity contribution in [1.82, 2.24) is 10.2 Å². The fraction of sp³-hybridized carbons (Fsp3) is 0.368. The van der Waals surface area contributed by atoms with Gasteiger partial charge < -0.3 is 19.8 Å². The number of ether oxygens (including phenoxy) is 1. The summed E-state index contributed by atoms with van der Waals surface area (Å²) in [5.74, 6) is 0.783. The highest BCUT2D eigenvalue weighted by Crippen LogP contribution is 2.28. The van der Waals surface area contributed by atoms with E-state index in [0.717, 1.165) is 17.0 Å². The van der Waals surface area contributed by atoms with E-state index in [9.17, 15) is 9.59 Å². The first-order chi connectivity index (χ1) is 13.0. The molecule has 0 saturated carbocycles. The van der Waals surface area contributed by atoms with Gasteiger partial charge in [0.25, 0.3) is 0 Å². The number of rotatable bonds is 6. The number of carbonyl (C=O) groups excluding carboxylic acids is 2. The highest BCUT2D eigenvalue weighted by molar-refractivity contribution is 5.95. The average molecular weight is 372 g/mol. The molecule has 0 radical (unpaired) electrons. The molecule has 2 N–H and O–H groups in total. The smallest absolute Gasteiger partial charge is 0.414 e. The number of nitrogens with zero attached hydrogens (tertiary/aromatic N) is 2. The molecular formula is C19H24N4O4. The van der Waals surface area contributed by atoms with Gasteiger partial charge in [-0.15, -0.1) is 0 Å². The lowest BCUT2D eigenvalue weighted by Crippen LogP contribution is -2.37. The third-order valence-electron chi connectivity index (χ3n) is 4.56. The predicted octanol–water partition coefficient (Wildman–Crippen LogP) is 2.97. The van der Waals surface area contributed by atoms with Crippen molar-refractivity contribution in [3.8, 4) is 0 Å². The molecule has 2 aromatic rings. The fourth-order valence-electron chi connectivity index (χ4n) is 3.04. The van der Waals surface area contributed by atoms with Crippen LogP contribution in [0, 0.1) is 6.92 Å². The minimum Gasteiger partial charge on any atom is -0.468 e. The quantitative estimate of drug-likeness (QED) is 0.814. The van der Waals surface area contributed by atoms with E-state index in [4.69, 9.17) is 9.15 Å². The monoisotopic (exact) mass is 372 g/mol. The molecule has 2 heterocycles. The maximum atomic E-state index is 12.4. The normalized spacial score (nSPS) is 15.0. The number of hydrogen-bond acceptors (Lipinski definition) is 5. The van der Waals surface area contributed by atoms with Crippen LogP contribution in [-0.2, 0) is 4.74 Å². The van der Waals surface area contributed by atoms with E-state index in [1.54, 1.807) is 23.3 Å². The molecule has 0 bridgehead atoms. The van der Waals surface area contributed by atoms with Crippen LogP contribution in [0.2, 0.25) is 0 Å². The van der Waals surface area contributed by atoms with E-state index in [-0.39, 0.29) is 18.2 Å². The summed E-state index contributed by atoms with van der Waals surface area (Å²) in [5, 5.41) is 5.72. The summed E-state index contributed by atoms with van der Waals surface area (Å²) in [6, 6.07) is 8.75. The Morgan fingerprint density at radius 1 is 1.30 bits per heavy atom. The molecule has 8 nitrogen and oxygen atoms in total. The van der Waals surface area contributed by atoms with Crippen LogP contribution in [-0.4, -0.2) is 50.8 Å². The van der Waals surface area contributed by atoms with E-state index in [1.807, 2.05) is 44.1 Å². The highest BCUT2D eigenvalue weighted by Gasteiger charge is 2.25. The fourth-order valence-corrected chi connectivity index (χ4v) is 3.04. The van der Waals surface area contributed by atoms with Gasteiger partial charge in [-0.2, -0.15) is 0 Å². The standard InChI is InChI=1S/C19H24N4O4/c1-13-14(6-4-7-15(13)23-9-11-27-19(23)25)21-18(24)20-12-16(22(2)3)17-8-5-10-26-17/h4-8,10,16H,9,11-12H2,1-3H3,(H2,20,21,24). The molecule has 1 aromatic heterocycles. The number of benzene rings is 1. The van der Waals surface area contributed by atoms with Crippen LogP contribution in [0.25, 0.3) is 0 Å². The van der Waals surface area contributed by atoms with E-state index in [2.05, 4.69) is 10.6 Å². The summed E-state index contributed by atoms with van der Waals surface area (Å²) in [6.45, 7) is 3.13. The van der Waals surface area contributed by atoms with E-state index >= 15 is 0 Å². The largest absolute Gasteiger partial charge is 0.468 e. The second-order valence-corrected chi connectivity index (χ2v) is 6.55. The van der Waals surface area contributed by atoms with Crippen LogP contribution in [0.3, 0.4) is 0 Å². The lowest BCUT2D eigenvalue weighted by molar-refractivity contribution is 0.181. The molecule has 3 rings (SSSR count). The Morgan fingerprint density at radius 2 is 2.11 bits per heavy atom. The maximum absolute atomic E-state index is 12.4. The molecule has 0 aliphatic carbocycles. The second kappa shape index (κ2) is 8.13. The topological polar surface area (TPSA) is 87.1 Å². The Morgan fingerprint density at radius 3 is 2.74 bits per heavy atom. The lowest BCUT2D eigenvalue weighted by Gasteiger charge is -2.23. The van der Waals surface area contributed by atoms with Crippen LogP contribution < -0.4 is 15.5 Å². The molecule has 1 saturated heterocycles. The van der Waals surface area contributed by atoms with E-state index < -0.39 is 0 Å². The number of hydrogen-bond donors (Lipinski definition) is 2. The van der Waals surface area contributed by atoms with Gasteiger partial charge >= 0.3 is 12.1 Å². The van der Waals surface area contributed by atoms with Crippen molar-refractivity contribution in [3.63, 3.8) is 0 Å². The van der Waals surface area contributed by atoms with Crippen LogP contribution in [0.5, 0.6) is 0 Å². The minimum atomic E-state index is -0.369. The first-order valence-corrected chi connectivity index (χ1v) is 8.76. The molecule has 0 spiro atoms. The molecule has 1 aromatic carbocycles. The minimum absolute atomic E-state index is 0.0717. The van der Waals surface area contributed by atoms with Gasteiger partial charge in [0.15, 0.2) is 0 Å². The van der Waals surface area contributed by atoms with Crippen molar-refractivity contribution >= 4 is 23.5 Å². The van der Waals surface area contributed by atoms with Gasteiger partial charge in [0, 0.05) is 12.2 Å². The second-order valence-electron chi connectivity index (χ2n) is 6.55. The van der Waals surface area contributed by atoms with Gasteiger partial charge in [-0.3, -0.25) is 9.80 Å². The highest BCUT2D eigenvalue weighted by atomic mass is 16.6. The van der Waals surface area contributed by atoms with Gasteiger partial charge in [0.2, 0.25) is 0 Å². The Kier molecular flexibility index (Phi) is 5.66. The number of furan rings is 1. The number of likely N-dealkylation sites (N-methyl/N-ethyl adjacent to an activating group) is 1. The van der Waals surface area contributed by atoms with Crippen LogP contribution in [0.15, 0.2) is 41.0 Å². The number of carbonyl (C=O) groups is 2. The number of anilines is 2. The number of nitrogens with one attached hydrogen (secondary N) is 2. The third kappa shape index (κ3) is 4.22. The van der Waals surface area contributed by atoms with Crippen LogP contribution in [0.1, 0.15) is 17.4 Å². The summed E-state index contributed by atoms with van der Waals surface area (Å²) in [5.41, 5.74) is 2.18. The van der Waals surface area contributed by atoms with E-state index in [1.165, 1.54) is 0 Å².